The van der Waals surface area contributed by atoms with Crippen LogP contribution in [-0.2, 0) is 0 Å². The third-order valence-electron chi connectivity index (χ3n) is 7.84. The molecule has 7 rings (SSSR count). The van der Waals surface area contributed by atoms with Crippen molar-refractivity contribution in [1.82, 2.24) is 0 Å². The molecule has 0 fully saturated rings. The zero-order valence-electron chi connectivity index (χ0n) is 24.4. The summed E-state index contributed by atoms with van der Waals surface area (Å²) in [4.78, 5) is 4.58. The number of nitrogens with zero attached hydrogens (tertiary/aromatic N) is 2. The summed E-state index contributed by atoms with van der Waals surface area (Å²) in [5.41, 5.74) is 11.5. The van der Waals surface area contributed by atoms with Gasteiger partial charge in [-0.3, -0.25) is 0 Å². The fourth-order valence-corrected chi connectivity index (χ4v) is 5.69. The highest BCUT2D eigenvalue weighted by Gasteiger charge is 2.14. The third kappa shape index (κ3) is 5.74. The highest BCUT2D eigenvalue weighted by Crippen LogP contribution is 2.37. The minimum absolute atomic E-state index is 1.12. The van der Waals surface area contributed by atoms with Crippen LogP contribution < -0.4 is 9.80 Å². The SMILES string of the molecule is c1ccc(N(c2ccccc2)c2ccc(-c3cccc(-c4ccc(N(c5ccccc5)c5ccccc5)cc4)c3)cc2)cc1. The topological polar surface area (TPSA) is 6.48 Å². The van der Waals surface area contributed by atoms with Gasteiger partial charge in [0.25, 0.3) is 0 Å². The first kappa shape index (κ1) is 27.0. The molecular formula is C42H32N2. The van der Waals surface area contributed by atoms with E-state index in [-0.39, 0.29) is 0 Å². The normalized spacial score (nSPS) is 10.7. The minimum atomic E-state index is 1.12. The monoisotopic (exact) mass is 564 g/mol. The Kier molecular flexibility index (Phi) is 7.71. The van der Waals surface area contributed by atoms with E-state index in [2.05, 4.69) is 204 Å². The van der Waals surface area contributed by atoms with Crippen molar-refractivity contribution in [2.45, 2.75) is 0 Å². The predicted molar refractivity (Wildman–Crippen MR) is 187 cm³/mol. The molecule has 0 N–H and O–H groups in total. The fraction of sp³-hybridized carbons (Fsp3) is 0. The quantitative estimate of drug-likeness (QED) is 0.181. The fourth-order valence-electron chi connectivity index (χ4n) is 5.69. The molecule has 0 radical (unpaired) electrons. The first-order chi connectivity index (χ1) is 21.8. The van der Waals surface area contributed by atoms with Crippen molar-refractivity contribution in [1.29, 1.82) is 0 Å². The average Bonchev–Trinajstić information content (AvgIpc) is 3.11. The number of para-hydroxylation sites is 4. The van der Waals surface area contributed by atoms with Gasteiger partial charge in [-0.2, -0.15) is 0 Å². The van der Waals surface area contributed by atoms with Crippen LogP contribution in [0.2, 0.25) is 0 Å². The lowest BCUT2D eigenvalue weighted by Crippen LogP contribution is -2.09. The van der Waals surface area contributed by atoms with E-state index >= 15 is 0 Å². The summed E-state index contributed by atoms with van der Waals surface area (Å²) in [5.74, 6) is 0. The molecule has 0 aromatic heterocycles. The zero-order chi connectivity index (χ0) is 29.6. The molecule has 0 atom stereocenters. The minimum Gasteiger partial charge on any atom is -0.311 e. The smallest absolute Gasteiger partial charge is 0.0462 e. The van der Waals surface area contributed by atoms with E-state index in [0.29, 0.717) is 0 Å². The Bertz CT molecular complexity index is 1700. The van der Waals surface area contributed by atoms with Crippen molar-refractivity contribution in [3.63, 3.8) is 0 Å². The predicted octanol–water partition coefficient (Wildman–Crippen LogP) is 12.0. The van der Waals surface area contributed by atoms with Gasteiger partial charge in [-0.25, -0.2) is 0 Å². The molecule has 0 aliphatic carbocycles. The van der Waals surface area contributed by atoms with Crippen molar-refractivity contribution < 1.29 is 0 Å². The van der Waals surface area contributed by atoms with Gasteiger partial charge in [0.2, 0.25) is 0 Å². The van der Waals surface area contributed by atoms with Gasteiger partial charge in [0.1, 0.15) is 0 Å². The molecule has 0 saturated heterocycles. The third-order valence-corrected chi connectivity index (χ3v) is 7.84. The van der Waals surface area contributed by atoms with Crippen molar-refractivity contribution in [3.05, 3.63) is 194 Å². The lowest BCUT2D eigenvalue weighted by Gasteiger charge is -2.25. The van der Waals surface area contributed by atoms with Gasteiger partial charge in [0.15, 0.2) is 0 Å². The van der Waals surface area contributed by atoms with Crippen molar-refractivity contribution in [3.8, 4) is 22.3 Å². The molecule has 210 valence electrons. The highest BCUT2D eigenvalue weighted by atomic mass is 15.1. The second kappa shape index (κ2) is 12.6. The Morgan fingerprint density at radius 1 is 0.205 bits per heavy atom. The van der Waals surface area contributed by atoms with Crippen LogP contribution in [0.25, 0.3) is 22.3 Å². The maximum absolute atomic E-state index is 2.29. The average molecular weight is 565 g/mol. The number of hydrogen-bond donors (Lipinski definition) is 0. The Balaban J connectivity index is 1.17. The summed E-state index contributed by atoms with van der Waals surface area (Å²) in [6.07, 6.45) is 0. The summed E-state index contributed by atoms with van der Waals surface area (Å²) in [6.45, 7) is 0. The molecule has 0 aliphatic rings. The second-order valence-electron chi connectivity index (χ2n) is 10.7. The molecule has 2 heteroatoms. The van der Waals surface area contributed by atoms with Gasteiger partial charge >= 0.3 is 0 Å². The Morgan fingerprint density at radius 2 is 0.477 bits per heavy atom. The van der Waals surface area contributed by atoms with Gasteiger partial charge < -0.3 is 9.80 Å². The summed E-state index contributed by atoms with van der Waals surface area (Å²) >= 11 is 0. The standard InChI is InChI=1S/C42H32N2/c1-5-16-37(17-6-1)43(38-18-7-2-8-19-38)41-28-24-33(25-29-41)35-14-13-15-36(32-35)34-26-30-42(31-27-34)44(39-20-9-3-10-21-39)40-22-11-4-12-23-40/h1-32H. The van der Waals surface area contributed by atoms with E-state index in [1.165, 1.54) is 22.3 Å². The van der Waals surface area contributed by atoms with Crippen LogP contribution in [-0.4, -0.2) is 0 Å². The van der Waals surface area contributed by atoms with Gasteiger partial charge in [0.05, 0.1) is 0 Å². The van der Waals surface area contributed by atoms with E-state index in [0.717, 1.165) is 34.1 Å². The van der Waals surface area contributed by atoms with Crippen LogP contribution in [0.3, 0.4) is 0 Å². The molecule has 2 nitrogen and oxygen atoms in total. The summed E-state index contributed by atoms with van der Waals surface area (Å²) in [5, 5.41) is 0. The molecule has 0 unspecified atom stereocenters. The van der Waals surface area contributed by atoms with Crippen molar-refractivity contribution in [2.75, 3.05) is 9.80 Å². The van der Waals surface area contributed by atoms with Crippen LogP contribution in [0, 0.1) is 0 Å². The van der Waals surface area contributed by atoms with Gasteiger partial charge in [-0.05, 0) is 101 Å². The number of anilines is 6. The van der Waals surface area contributed by atoms with Crippen molar-refractivity contribution >= 4 is 34.1 Å². The first-order valence-electron chi connectivity index (χ1n) is 14.9. The lowest BCUT2D eigenvalue weighted by molar-refractivity contribution is 1.28. The molecule has 0 saturated carbocycles. The van der Waals surface area contributed by atoms with Gasteiger partial charge in [-0.1, -0.05) is 115 Å². The maximum atomic E-state index is 2.29. The number of rotatable bonds is 8. The first-order valence-corrected chi connectivity index (χ1v) is 14.9. The summed E-state index contributed by atoms with van der Waals surface area (Å²) in [7, 11) is 0. The number of hydrogen-bond acceptors (Lipinski definition) is 2. The van der Waals surface area contributed by atoms with Crippen LogP contribution >= 0.6 is 0 Å². The van der Waals surface area contributed by atoms with Crippen molar-refractivity contribution in [2.24, 2.45) is 0 Å². The molecule has 0 heterocycles. The Hall–Kier alpha value is -5.86. The molecule has 0 spiro atoms. The van der Waals surface area contributed by atoms with E-state index in [1.807, 2.05) is 0 Å². The molecule has 7 aromatic rings. The Morgan fingerprint density at radius 3 is 0.773 bits per heavy atom. The largest absolute Gasteiger partial charge is 0.311 e. The molecule has 0 amide bonds. The van der Waals surface area contributed by atoms with Gasteiger partial charge in [0, 0.05) is 34.1 Å². The van der Waals surface area contributed by atoms with Crippen LogP contribution in [0.15, 0.2) is 194 Å². The summed E-state index contributed by atoms with van der Waals surface area (Å²) < 4.78 is 0. The Labute approximate surface area is 259 Å². The highest BCUT2D eigenvalue weighted by molar-refractivity contribution is 5.81. The van der Waals surface area contributed by atoms with Crippen LogP contribution in [0.1, 0.15) is 0 Å². The lowest BCUT2D eigenvalue weighted by atomic mass is 9.98. The molecule has 0 aliphatic heterocycles. The molecule has 0 bridgehead atoms. The van der Waals surface area contributed by atoms with E-state index < -0.39 is 0 Å². The molecule has 7 aromatic carbocycles. The second-order valence-corrected chi connectivity index (χ2v) is 10.7. The van der Waals surface area contributed by atoms with Crippen LogP contribution in [0.5, 0.6) is 0 Å². The summed E-state index contributed by atoms with van der Waals surface area (Å²) in [6, 6.07) is 68.5. The van der Waals surface area contributed by atoms with Crippen LogP contribution in [0.4, 0.5) is 34.1 Å². The molecular weight excluding hydrogens is 532 g/mol. The maximum Gasteiger partial charge on any atom is 0.0462 e. The van der Waals surface area contributed by atoms with E-state index in [4.69, 9.17) is 0 Å². The zero-order valence-corrected chi connectivity index (χ0v) is 24.4. The molecule has 44 heavy (non-hydrogen) atoms. The van der Waals surface area contributed by atoms with Gasteiger partial charge in [-0.15, -0.1) is 0 Å². The number of benzene rings is 7. The van der Waals surface area contributed by atoms with E-state index in [1.54, 1.807) is 0 Å². The van der Waals surface area contributed by atoms with E-state index in [9.17, 15) is 0 Å².